The van der Waals surface area contributed by atoms with Crippen LogP contribution >= 0.6 is 0 Å². The molecule has 1 aromatic carbocycles. The molecule has 0 aliphatic heterocycles. The average molecular weight is 283 g/mol. The van der Waals surface area contributed by atoms with Crippen molar-refractivity contribution in [2.24, 2.45) is 11.3 Å². The molecule has 2 nitrogen and oxygen atoms in total. The number of hydrogen-bond acceptors (Lipinski definition) is 2. The Morgan fingerprint density at radius 3 is 2.52 bits per heavy atom. The van der Waals surface area contributed by atoms with Crippen molar-refractivity contribution >= 4 is 0 Å². The first-order chi connectivity index (χ1) is 10.1. The highest BCUT2D eigenvalue weighted by atomic mass is 16.3. The molecule has 0 heterocycles. The second-order valence-electron chi connectivity index (χ2n) is 7.18. The smallest absolute Gasteiger partial charge is 0.0901 e. The quantitative estimate of drug-likeness (QED) is 0.874. The van der Waals surface area contributed by atoms with Gasteiger partial charge in [-0.25, -0.2) is 0 Å². The highest BCUT2D eigenvalue weighted by Crippen LogP contribution is 2.58. The van der Waals surface area contributed by atoms with Gasteiger partial charge in [-0.2, -0.15) is 5.26 Å². The molecule has 1 N–H and O–H groups in total. The van der Waals surface area contributed by atoms with Crippen LogP contribution in [0, 0.1) is 22.7 Å². The van der Waals surface area contributed by atoms with Crippen LogP contribution in [0.1, 0.15) is 63.4 Å². The lowest BCUT2D eigenvalue weighted by Crippen LogP contribution is -2.52. The predicted octanol–water partition coefficient (Wildman–Crippen LogP) is 4.41. The summed E-state index contributed by atoms with van der Waals surface area (Å²) in [6.45, 7) is 2.21. The minimum absolute atomic E-state index is 0.109. The van der Waals surface area contributed by atoms with Crippen LogP contribution in [0.3, 0.4) is 0 Å². The summed E-state index contributed by atoms with van der Waals surface area (Å²) < 4.78 is 0. The summed E-state index contributed by atoms with van der Waals surface area (Å²) in [6, 6.07) is 12.9. The van der Waals surface area contributed by atoms with Crippen LogP contribution in [-0.2, 0) is 0 Å². The van der Waals surface area contributed by atoms with Crippen molar-refractivity contribution in [2.45, 2.75) is 63.4 Å². The molecule has 1 aromatic rings. The molecule has 3 rings (SSSR count). The van der Waals surface area contributed by atoms with E-state index >= 15 is 0 Å². The maximum Gasteiger partial charge on any atom is 0.0901 e. The molecule has 2 heteroatoms. The van der Waals surface area contributed by atoms with Crippen LogP contribution in [-0.4, -0.2) is 10.7 Å². The van der Waals surface area contributed by atoms with E-state index in [-0.39, 0.29) is 5.92 Å². The van der Waals surface area contributed by atoms with E-state index in [2.05, 4.69) is 25.1 Å². The fourth-order valence-corrected chi connectivity index (χ4v) is 4.74. The van der Waals surface area contributed by atoms with E-state index < -0.39 is 11.0 Å². The maximum atomic E-state index is 11.6. The highest BCUT2D eigenvalue weighted by Gasteiger charge is 2.58. The molecule has 4 unspecified atom stereocenters. The molecular weight excluding hydrogens is 258 g/mol. The minimum Gasteiger partial charge on any atom is -0.388 e. The molecule has 0 bridgehead atoms. The standard InChI is InChI=1S/C19H25NO/c1-15-10-12-18(13-15,14-20)19(21)11-6-5-9-17(19)16-7-3-2-4-8-16/h2-4,7-8,15,17,21H,5-6,9-13H2,1H3. The third-order valence-electron chi connectivity index (χ3n) is 5.88. The topological polar surface area (TPSA) is 44.0 Å². The van der Waals surface area contributed by atoms with Crippen LogP contribution in [0.25, 0.3) is 0 Å². The molecule has 21 heavy (non-hydrogen) atoms. The van der Waals surface area contributed by atoms with Gasteiger partial charge in [0.2, 0.25) is 0 Å². The van der Waals surface area contributed by atoms with E-state index in [1.807, 2.05) is 18.2 Å². The van der Waals surface area contributed by atoms with Gasteiger partial charge < -0.3 is 5.11 Å². The Balaban J connectivity index is 2.01. The summed E-state index contributed by atoms with van der Waals surface area (Å²) in [5.74, 6) is 0.657. The SMILES string of the molecule is CC1CCC(C#N)(C2(O)CCCCC2c2ccccc2)C1. The van der Waals surface area contributed by atoms with Crippen molar-refractivity contribution in [3.05, 3.63) is 35.9 Å². The molecule has 2 aliphatic rings. The first-order valence-electron chi connectivity index (χ1n) is 8.30. The van der Waals surface area contributed by atoms with Crippen molar-refractivity contribution in [1.29, 1.82) is 5.26 Å². The van der Waals surface area contributed by atoms with E-state index in [1.165, 1.54) is 5.56 Å². The maximum absolute atomic E-state index is 11.6. The monoisotopic (exact) mass is 283 g/mol. The highest BCUT2D eigenvalue weighted by molar-refractivity contribution is 5.29. The lowest BCUT2D eigenvalue weighted by atomic mass is 9.58. The van der Waals surface area contributed by atoms with Crippen LogP contribution < -0.4 is 0 Å². The molecule has 0 radical (unpaired) electrons. The van der Waals surface area contributed by atoms with Gasteiger partial charge in [-0.15, -0.1) is 0 Å². The average Bonchev–Trinajstić information content (AvgIpc) is 2.92. The van der Waals surface area contributed by atoms with Crippen LogP contribution in [0.2, 0.25) is 0 Å². The molecule has 112 valence electrons. The first kappa shape index (κ1) is 14.6. The number of rotatable bonds is 2. The van der Waals surface area contributed by atoms with E-state index in [0.29, 0.717) is 5.92 Å². The molecule has 2 fully saturated rings. The fraction of sp³-hybridized carbons (Fsp3) is 0.632. The summed E-state index contributed by atoms with van der Waals surface area (Å²) in [6.07, 6.45) is 6.73. The van der Waals surface area contributed by atoms with Crippen molar-refractivity contribution in [3.63, 3.8) is 0 Å². The normalized spacial score (nSPS) is 39.9. The zero-order chi connectivity index (χ0) is 14.9. The molecule has 0 aromatic heterocycles. The van der Waals surface area contributed by atoms with Crippen molar-refractivity contribution in [2.75, 3.05) is 0 Å². The van der Waals surface area contributed by atoms with E-state index in [1.54, 1.807) is 0 Å². The molecular formula is C19H25NO. The van der Waals surface area contributed by atoms with E-state index in [4.69, 9.17) is 0 Å². The molecule has 2 aliphatic carbocycles. The third-order valence-corrected chi connectivity index (χ3v) is 5.88. The van der Waals surface area contributed by atoms with Crippen LogP contribution in [0.15, 0.2) is 30.3 Å². The zero-order valence-corrected chi connectivity index (χ0v) is 12.9. The van der Waals surface area contributed by atoms with Crippen molar-refractivity contribution in [1.82, 2.24) is 0 Å². The van der Waals surface area contributed by atoms with Crippen molar-refractivity contribution < 1.29 is 5.11 Å². The number of nitrogens with zero attached hydrogens (tertiary/aromatic N) is 1. The number of aliphatic hydroxyl groups is 1. The Kier molecular flexibility index (Phi) is 3.80. The Bertz CT molecular complexity index is 534. The Morgan fingerprint density at radius 1 is 1.14 bits per heavy atom. The minimum atomic E-state index is -0.855. The van der Waals surface area contributed by atoms with Gasteiger partial charge in [-0.05, 0) is 43.6 Å². The van der Waals surface area contributed by atoms with Gasteiger partial charge in [0.25, 0.3) is 0 Å². The van der Waals surface area contributed by atoms with E-state index in [0.717, 1.165) is 44.9 Å². The van der Waals surface area contributed by atoms with Gasteiger partial charge in [0, 0.05) is 5.92 Å². The second-order valence-corrected chi connectivity index (χ2v) is 7.18. The van der Waals surface area contributed by atoms with Gasteiger partial charge in [0.05, 0.1) is 17.1 Å². The lowest BCUT2D eigenvalue weighted by molar-refractivity contribution is -0.0984. The molecule has 0 saturated heterocycles. The second kappa shape index (κ2) is 5.46. The number of benzene rings is 1. The van der Waals surface area contributed by atoms with Gasteiger partial charge in [0.15, 0.2) is 0 Å². The summed E-state index contributed by atoms with van der Waals surface area (Å²) in [5.41, 5.74) is -0.201. The lowest BCUT2D eigenvalue weighted by Gasteiger charge is -2.49. The third kappa shape index (κ3) is 2.28. The molecule has 4 atom stereocenters. The fourth-order valence-electron chi connectivity index (χ4n) is 4.74. The summed E-state index contributed by atoms with van der Waals surface area (Å²) >= 11 is 0. The Hall–Kier alpha value is -1.33. The number of hydrogen-bond donors (Lipinski definition) is 1. The summed E-state index contributed by atoms with van der Waals surface area (Å²) in [5, 5.41) is 21.5. The summed E-state index contributed by atoms with van der Waals surface area (Å²) in [4.78, 5) is 0. The Labute approximate surface area is 127 Å². The van der Waals surface area contributed by atoms with Gasteiger partial charge >= 0.3 is 0 Å². The Morgan fingerprint density at radius 2 is 1.90 bits per heavy atom. The van der Waals surface area contributed by atoms with Gasteiger partial charge in [-0.3, -0.25) is 0 Å². The summed E-state index contributed by atoms with van der Waals surface area (Å²) in [7, 11) is 0. The predicted molar refractivity (Wildman–Crippen MR) is 83.7 cm³/mol. The van der Waals surface area contributed by atoms with Crippen LogP contribution in [0.5, 0.6) is 0 Å². The van der Waals surface area contributed by atoms with Crippen molar-refractivity contribution in [3.8, 4) is 6.07 Å². The molecule has 0 amide bonds. The van der Waals surface area contributed by atoms with Crippen LogP contribution in [0.4, 0.5) is 0 Å². The number of nitriles is 1. The molecule has 2 saturated carbocycles. The largest absolute Gasteiger partial charge is 0.388 e. The van der Waals surface area contributed by atoms with Gasteiger partial charge in [-0.1, -0.05) is 50.1 Å². The molecule has 0 spiro atoms. The van der Waals surface area contributed by atoms with E-state index in [9.17, 15) is 10.4 Å². The van der Waals surface area contributed by atoms with Gasteiger partial charge in [0.1, 0.15) is 0 Å². The zero-order valence-electron chi connectivity index (χ0n) is 12.9. The first-order valence-corrected chi connectivity index (χ1v) is 8.30.